The zero-order valence-electron chi connectivity index (χ0n) is 31.1. The number of benzene rings is 9. The average Bonchev–Trinajstić information content (AvgIpc) is 3.82. The third-order valence-electron chi connectivity index (χ3n) is 11.2. The first-order chi connectivity index (χ1) is 28.2. The van der Waals surface area contributed by atoms with Crippen molar-refractivity contribution in [3.05, 3.63) is 212 Å². The van der Waals surface area contributed by atoms with Gasteiger partial charge >= 0.3 is 0 Å². The molecule has 3 heteroatoms. The Balaban J connectivity index is 1.03. The van der Waals surface area contributed by atoms with Crippen LogP contribution in [-0.2, 0) is 0 Å². The van der Waals surface area contributed by atoms with Gasteiger partial charge in [0, 0.05) is 44.2 Å². The molecule has 0 aliphatic rings. The van der Waals surface area contributed by atoms with E-state index in [9.17, 15) is 0 Å². The van der Waals surface area contributed by atoms with Crippen LogP contribution in [0.3, 0.4) is 0 Å². The Labute approximate surface area is 330 Å². The van der Waals surface area contributed by atoms with Gasteiger partial charge in [0.05, 0.1) is 11.0 Å². The second-order valence-electron chi connectivity index (χ2n) is 14.6. The molecule has 0 amide bonds. The van der Waals surface area contributed by atoms with Crippen LogP contribution in [0.2, 0.25) is 0 Å². The molecule has 0 atom stereocenters. The van der Waals surface area contributed by atoms with Crippen LogP contribution in [0, 0.1) is 0 Å². The van der Waals surface area contributed by atoms with Crippen molar-refractivity contribution in [2.75, 3.05) is 5.32 Å². The van der Waals surface area contributed by atoms with Crippen LogP contribution in [0.25, 0.3) is 93.9 Å². The first kappa shape index (κ1) is 32.8. The third-order valence-corrected chi connectivity index (χ3v) is 11.2. The van der Waals surface area contributed by atoms with Gasteiger partial charge in [0.1, 0.15) is 11.2 Å². The molecule has 2 heterocycles. The van der Waals surface area contributed by atoms with Gasteiger partial charge in [-0.15, -0.1) is 0 Å². The largest absolute Gasteiger partial charge is 0.456 e. The van der Waals surface area contributed by atoms with Crippen molar-refractivity contribution >= 4 is 55.1 Å². The molecule has 3 nitrogen and oxygen atoms in total. The van der Waals surface area contributed by atoms with E-state index in [0.717, 1.165) is 66.8 Å². The van der Waals surface area contributed by atoms with E-state index in [1.807, 2.05) is 18.2 Å². The first-order valence-electron chi connectivity index (χ1n) is 19.4. The zero-order chi connectivity index (χ0) is 37.7. The maximum absolute atomic E-state index is 6.15. The van der Waals surface area contributed by atoms with Gasteiger partial charge in [0.15, 0.2) is 0 Å². The molecular weight excluding hydrogens is 693 g/mol. The van der Waals surface area contributed by atoms with Crippen LogP contribution in [0.1, 0.15) is 0 Å². The maximum atomic E-state index is 6.15. The van der Waals surface area contributed by atoms with Crippen LogP contribution >= 0.6 is 0 Å². The molecule has 0 spiro atoms. The number of hydrogen-bond donors (Lipinski definition) is 1. The van der Waals surface area contributed by atoms with Gasteiger partial charge in [-0.3, -0.25) is 0 Å². The molecule has 11 rings (SSSR count). The molecule has 57 heavy (non-hydrogen) atoms. The number of nitrogens with zero attached hydrogens (tertiary/aromatic N) is 1. The lowest BCUT2D eigenvalue weighted by Crippen LogP contribution is -1.95. The SMILES string of the molecule is c1ccc(Nc2ccc(-c3ccc4c(c3)c3ccccc3n4-c3cccc(-c4ccccc4)c3)cc2-c2cccc(-c3ccc4oc5ccccc5c4c3)c2)cc1. The molecular formula is C54H36N2O. The van der Waals surface area contributed by atoms with Crippen molar-refractivity contribution in [2.24, 2.45) is 0 Å². The number of fused-ring (bicyclic) bond motifs is 6. The molecule has 0 aliphatic heterocycles. The van der Waals surface area contributed by atoms with E-state index in [-0.39, 0.29) is 0 Å². The van der Waals surface area contributed by atoms with Gasteiger partial charge in [-0.05, 0) is 118 Å². The molecule has 0 fully saturated rings. The number of para-hydroxylation sites is 3. The second-order valence-corrected chi connectivity index (χ2v) is 14.6. The topological polar surface area (TPSA) is 30.1 Å². The molecule has 0 saturated carbocycles. The Morgan fingerprint density at radius 3 is 1.77 bits per heavy atom. The fourth-order valence-electron chi connectivity index (χ4n) is 8.41. The number of rotatable bonds is 7. The van der Waals surface area contributed by atoms with E-state index in [0.29, 0.717) is 0 Å². The maximum Gasteiger partial charge on any atom is 0.135 e. The minimum Gasteiger partial charge on any atom is -0.456 e. The van der Waals surface area contributed by atoms with E-state index in [2.05, 4.69) is 204 Å². The minimum atomic E-state index is 0.902. The van der Waals surface area contributed by atoms with Gasteiger partial charge in [0.2, 0.25) is 0 Å². The highest BCUT2D eigenvalue weighted by Crippen LogP contribution is 2.40. The molecule has 0 unspecified atom stereocenters. The van der Waals surface area contributed by atoms with Gasteiger partial charge in [0.25, 0.3) is 0 Å². The lowest BCUT2D eigenvalue weighted by atomic mass is 9.94. The number of furan rings is 1. The lowest BCUT2D eigenvalue weighted by Gasteiger charge is -2.16. The summed E-state index contributed by atoms with van der Waals surface area (Å²) >= 11 is 0. The molecule has 1 N–H and O–H groups in total. The van der Waals surface area contributed by atoms with E-state index >= 15 is 0 Å². The molecule has 0 bridgehead atoms. The van der Waals surface area contributed by atoms with E-state index < -0.39 is 0 Å². The predicted molar refractivity (Wildman–Crippen MR) is 240 cm³/mol. The highest BCUT2D eigenvalue weighted by Gasteiger charge is 2.16. The Hall–Kier alpha value is -7.62. The highest BCUT2D eigenvalue weighted by atomic mass is 16.3. The van der Waals surface area contributed by atoms with Crippen molar-refractivity contribution < 1.29 is 4.42 Å². The quantitative estimate of drug-likeness (QED) is 0.177. The van der Waals surface area contributed by atoms with Crippen molar-refractivity contribution in [1.29, 1.82) is 0 Å². The average molecular weight is 729 g/mol. The Morgan fingerprint density at radius 2 is 0.912 bits per heavy atom. The third kappa shape index (κ3) is 5.85. The predicted octanol–water partition coefficient (Wildman–Crippen LogP) is 15.1. The Bertz CT molecular complexity index is 3260. The van der Waals surface area contributed by atoms with Crippen molar-refractivity contribution in [1.82, 2.24) is 4.57 Å². The lowest BCUT2D eigenvalue weighted by molar-refractivity contribution is 0.669. The summed E-state index contributed by atoms with van der Waals surface area (Å²) < 4.78 is 8.55. The summed E-state index contributed by atoms with van der Waals surface area (Å²) in [5, 5.41) is 8.45. The van der Waals surface area contributed by atoms with Crippen LogP contribution in [0.5, 0.6) is 0 Å². The molecule has 0 radical (unpaired) electrons. The van der Waals surface area contributed by atoms with Crippen LogP contribution in [0.15, 0.2) is 217 Å². The van der Waals surface area contributed by atoms with Crippen LogP contribution in [0.4, 0.5) is 11.4 Å². The Kier molecular flexibility index (Phi) is 7.82. The summed E-state index contributed by atoms with van der Waals surface area (Å²) in [6, 6.07) is 75.9. The molecule has 2 aromatic heterocycles. The number of anilines is 2. The van der Waals surface area contributed by atoms with Crippen LogP contribution in [-0.4, -0.2) is 4.57 Å². The molecule has 9 aromatic carbocycles. The summed E-state index contributed by atoms with van der Waals surface area (Å²) in [5.41, 5.74) is 16.7. The van der Waals surface area contributed by atoms with Gasteiger partial charge in [-0.2, -0.15) is 0 Å². The minimum absolute atomic E-state index is 0.902. The van der Waals surface area contributed by atoms with Gasteiger partial charge in [-0.25, -0.2) is 0 Å². The zero-order valence-corrected chi connectivity index (χ0v) is 31.1. The van der Waals surface area contributed by atoms with E-state index in [4.69, 9.17) is 4.42 Å². The van der Waals surface area contributed by atoms with Crippen LogP contribution < -0.4 is 5.32 Å². The normalized spacial score (nSPS) is 11.5. The monoisotopic (exact) mass is 728 g/mol. The van der Waals surface area contributed by atoms with Crippen molar-refractivity contribution in [3.63, 3.8) is 0 Å². The fourth-order valence-corrected chi connectivity index (χ4v) is 8.41. The van der Waals surface area contributed by atoms with E-state index in [1.165, 1.54) is 38.5 Å². The molecule has 11 aromatic rings. The molecule has 0 saturated heterocycles. The van der Waals surface area contributed by atoms with Crippen molar-refractivity contribution in [2.45, 2.75) is 0 Å². The Morgan fingerprint density at radius 1 is 0.333 bits per heavy atom. The highest BCUT2D eigenvalue weighted by molar-refractivity contribution is 6.11. The standard InChI is InChI=1S/C54H36N2O/c1-3-13-36(14-4-1)38-16-12-20-44(32-38)56-51-23-9-7-21-45(51)48-34-40(26-29-52(48)56)39-25-28-50(55-43-18-5-2-6-19-43)47(33-39)42-17-11-15-37(31-42)41-27-30-54-49(35-41)46-22-8-10-24-53(46)57-54/h1-35,55H. The first-order valence-corrected chi connectivity index (χ1v) is 19.4. The summed E-state index contributed by atoms with van der Waals surface area (Å²) in [4.78, 5) is 0. The smallest absolute Gasteiger partial charge is 0.135 e. The summed E-state index contributed by atoms with van der Waals surface area (Å²) in [5.74, 6) is 0. The second kappa shape index (κ2) is 13.6. The molecule has 0 aliphatic carbocycles. The van der Waals surface area contributed by atoms with Gasteiger partial charge < -0.3 is 14.3 Å². The summed E-state index contributed by atoms with van der Waals surface area (Å²) in [7, 11) is 0. The number of aromatic nitrogens is 1. The molecule has 268 valence electrons. The van der Waals surface area contributed by atoms with Gasteiger partial charge in [-0.1, -0.05) is 133 Å². The summed E-state index contributed by atoms with van der Waals surface area (Å²) in [6.07, 6.45) is 0. The van der Waals surface area contributed by atoms with Crippen molar-refractivity contribution in [3.8, 4) is 50.2 Å². The number of hydrogen-bond acceptors (Lipinski definition) is 2. The number of nitrogens with one attached hydrogen (secondary N) is 1. The summed E-state index contributed by atoms with van der Waals surface area (Å²) in [6.45, 7) is 0. The fraction of sp³-hybridized carbons (Fsp3) is 0. The van der Waals surface area contributed by atoms with E-state index in [1.54, 1.807) is 0 Å².